The van der Waals surface area contributed by atoms with Crippen LogP contribution in [0.15, 0.2) is 0 Å². The number of esters is 3. The highest BCUT2D eigenvalue weighted by Crippen LogP contribution is 2.16. The zero-order chi connectivity index (χ0) is 38.3. The molecule has 0 aromatic rings. The van der Waals surface area contributed by atoms with Crippen molar-refractivity contribution in [2.45, 2.75) is 253 Å². The van der Waals surface area contributed by atoms with Crippen LogP contribution in [0.1, 0.15) is 247 Å². The molecule has 0 aliphatic heterocycles. The Kier molecular flexibility index (Phi) is 37.9. The first-order valence-electron chi connectivity index (χ1n) is 22.7. The van der Waals surface area contributed by atoms with E-state index < -0.39 is 6.10 Å². The Bertz CT molecular complexity index is 794. The summed E-state index contributed by atoms with van der Waals surface area (Å²) in [6.45, 7) is 11.3. The molecule has 0 saturated carbocycles. The van der Waals surface area contributed by atoms with Gasteiger partial charge in [-0.15, -0.1) is 0 Å². The van der Waals surface area contributed by atoms with Crippen LogP contribution in [-0.4, -0.2) is 37.2 Å². The van der Waals surface area contributed by atoms with E-state index in [4.69, 9.17) is 14.2 Å². The van der Waals surface area contributed by atoms with Gasteiger partial charge in [-0.2, -0.15) is 0 Å². The third-order valence-electron chi connectivity index (χ3n) is 10.2. The first kappa shape index (κ1) is 50.4. The van der Waals surface area contributed by atoms with E-state index in [-0.39, 0.29) is 31.1 Å². The summed E-state index contributed by atoms with van der Waals surface area (Å²) >= 11 is 0. The predicted molar refractivity (Wildman–Crippen MR) is 220 cm³/mol. The molecule has 0 heterocycles. The monoisotopic (exact) mass is 737 g/mol. The lowest BCUT2D eigenvalue weighted by Crippen LogP contribution is -2.30. The first-order chi connectivity index (χ1) is 25.2. The van der Waals surface area contributed by atoms with Gasteiger partial charge in [-0.1, -0.05) is 208 Å². The van der Waals surface area contributed by atoms with Crippen molar-refractivity contribution in [1.29, 1.82) is 0 Å². The van der Waals surface area contributed by atoms with Gasteiger partial charge in [0.05, 0.1) is 0 Å². The van der Waals surface area contributed by atoms with E-state index >= 15 is 0 Å². The van der Waals surface area contributed by atoms with Crippen LogP contribution in [0.4, 0.5) is 0 Å². The molecule has 0 aliphatic rings. The van der Waals surface area contributed by atoms with Crippen LogP contribution in [0.3, 0.4) is 0 Å². The van der Waals surface area contributed by atoms with E-state index in [0.717, 1.165) is 69.6 Å². The summed E-state index contributed by atoms with van der Waals surface area (Å²) in [6.07, 6.45) is 36.7. The predicted octanol–water partition coefficient (Wildman–Crippen LogP) is 14.2. The largest absolute Gasteiger partial charge is 0.462 e. The summed E-state index contributed by atoms with van der Waals surface area (Å²) in [5.41, 5.74) is 0. The molecule has 0 bridgehead atoms. The molecular weight excluding hydrogens is 649 g/mol. The zero-order valence-corrected chi connectivity index (χ0v) is 35.4. The SMILES string of the molecule is CCCCCCCCCC(=O)O[C@@H](COC(=O)CCCCCCCCCCCCCCC(C)C)COC(=O)CCCCCCCCCCCC(C)C. The molecule has 0 radical (unpaired) electrons. The van der Waals surface area contributed by atoms with Crippen molar-refractivity contribution in [2.75, 3.05) is 13.2 Å². The van der Waals surface area contributed by atoms with Gasteiger partial charge in [-0.3, -0.25) is 14.4 Å². The summed E-state index contributed by atoms with van der Waals surface area (Å²) in [7, 11) is 0. The smallest absolute Gasteiger partial charge is 0.306 e. The topological polar surface area (TPSA) is 78.9 Å². The molecule has 0 spiro atoms. The lowest BCUT2D eigenvalue weighted by atomic mass is 10.0. The van der Waals surface area contributed by atoms with E-state index in [0.29, 0.717) is 19.3 Å². The fraction of sp³-hybridized carbons (Fsp3) is 0.935. The van der Waals surface area contributed by atoms with E-state index in [9.17, 15) is 14.4 Å². The Balaban J connectivity index is 4.23. The third-order valence-corrected chi connectivity index (χ3v) is 10.2. The minimum absolute atomic E-state index is 0.0654. The van der Waals surface area contributed by atoms with Gasteiger partial charge < -0.3 is 14.2 Å². The number of carbonyl (C=O) groups is 3. The number of hydrogen-bond acceptors (Lipinski definition) is 6. The molecule has 0 N–H and O–H groups in total. The molecule has 52 heavy (non-hydrogen) atoms. The molecule has 0 unspecified atom stereocenters. The van der Waals surface area contributed by atoms with E-state index in [2.05, 4.69) is 34.6 Å². The highest BCUT2D eigenvalue weighted by atomic mass is 16.6. The van der Waals surface area contributed by atoms with Crippen molar-refractivity contribution >= 4 is 17.9 Å². The van der Waals surface area contributed by atoms with Crippen LogP contribution >= 0.6 is 0 Å². The summed E-state index contributed by atoms with van der Waals surface area (Å²) < 4.78 is 16.7. The molecule has 6 nitrogen and oxygen atoms in total. The maximum atomic E-state index is 12.6. The van der Waals surface area contributed by atoms with E-state index in [1.807, 2.05) is 0 Å². The van der Waals surface area contributed by atoms with Crippen molar-refractivity contribution in [2.24, 2.45) is 11.8 Å². The molecule has 308 valence electrons. The second-order valence-corrected chi connectivity index (χ2v) is 16.6. The minimum atomic E-state index is -0.759. The van der Waals surface area contributed by atoms with Crippen LogP contribution in [-0.2, 0) is 28.6 Å². The zero-order valence-electron chi connectivity index (χ0n) is 35.4. The fourth-order valence-electron chi connectivity index (χ4n) is 6.75. The Labute approximate surface area is 323 Å². The van der Waals surface area contributed by atoms with Crippen LogP contribution in [0, 0.1) is 11.8 Å². The maximum Gasteiger partial charge on any atom is 0.306 e. The number of rotatable bonds is 40. The number of carbonyl (C=O) groups excluding carboxylic acids is 3. The van der Waals surface area contributed by atoms with E-state index in [1.165, 1.54) is 135 Å². The van der Waals surface area contributed by atoms with Gasteiger partial charge in [-0.25, -0.2) is 0 Å². The fourth-order valence-corrected chi connectivity index (χ4v) is 6.75. The van der Waals surface area contributed by atoms with Crippen molar-refractivity contribution in [1.82, 2.24) is 0 Å². The summed E-state index contributed by atoms with van der Waals surface area (Å²) in [5.74, 6) is 0.778. The normalized spacial score (nSPS) is 12.1. The summed E-state index contributed by atoms with van der Waals surface area (Å²) in [6, 6.07) is 0. The molecule has 6 heteroatoms. The molecule has 0 rings (SSSR count). The van der Waals surface area contributed by atoms with Crippen LogP contribution in [0.25, 0.3) is 0 Å². The molecule has 0 saturated heterocycles. The second kappa shape index (κ2) is 39.1. The molecule has 0 aliphatic carbocycles. The van der Waals surface area contributed by atoms with Crippen LogP contribution in [0.5, 0.6) is 0 Å². The van der Waals surface area contributed by atoms with Gasteiger partial charge in [0.25, 0.3) is 0 Å². The van der Waals surface area contributed by atoms with Crippen LogP contribution in [0.2, 0.25) is 0 Å². The maximum absolute atomic E-state index is 12.6. The Morgan fingerprint density at radius 1 is 0.365 bits per heavy atom. The number of ether oxygens (including phenoxy) is 3. The molecule has 0 amide bonds. The quantitative estimate of drug-likeness (QED) is 0.0354. The Morgan fingerprint density at radius 3 is 0.942 bits per heavy atom. The van der Waals surface area contributed by atoms with Crippen molar-refractivity contribution in [3.05, 3.63) is 0 Å². The van der Waals surface area contributed by atoms with Gasteiger partial charge in [0.1, 0.15) is 13.2 Å². The summed E-state index contributed by atoms with van der Waals surface area (Å²) in [4.78, 5) is 37.6. The number of unbranched alkanes of at least 4 members (excludes halogenated alkanes) is 25. The first-order valence-corrected chi connectivity index (χ1v) is 22.7. The van der Waals surface area contributed by atoms with Gasteiger partial charge in [-0.05, 0) is 31.1 Å². The molecule has 0 aromatic carbocycles. The third kappa shape index (κ3) is 39.6. The van der Waals surface area contributed by atoms with Gasteiger partial charge in [0, 0.05) is 19.3 Å². The molecule has 0 aromatic heterocycles. The Morgan fingerprint density at radius 2 is 0.635 bits per heavy atom. The van der Waals surface area contributed by atoms with Crippen molar-refractivity contribution < 1.29 is 28.6 Å². The number of hydrogen-bond donors (Lipinski definition) is 0. The molecular formula is C46H88O6. The van der Waals surface area contributed by atoms with Gasteiger partial charge in [0.2, 0.25) is 0 Å². The second-order valence-electron chi connectivity index (χ2n) is 16.6. The summed E-state index contributed by atoms with van der Waals surface area (Å²) in [5, 5.41) is 0. The lowest BCUT2D eigenvalue weighted by molar-refractivity contribution is -0.167. The minimum Gasteiger partial charge on any atom is -0.462 e. The lowest BCUT2D eigenvalue weighted by Gasteiger charge is -2.18. The highest BCUT2D eigenvalue weighted by Gasteiger charge is 2.19. The van der Waals surface area contributed by atoms with Crippen LogP contribution < -0.4 is 0 Å². The average molecular weight is 737 g/mol. The van der Waals surface area contributed by atoms with Gasteiger partial charge >= 0.3 is 17.9 Å². The van der Waals surface area contributed by atoms with E-state index in [1.54, 1.807) is 0 Å². The van der Waals surface area contributed by atoms with Crippen molar-refractivity contribution in [3.63, 3.8) is 0 Å². The Hall–Kier alpha value is -1.59. The molecule has 1 atom stereocenters. The average Bonchev–Trinajstić information content (AvgIpc) is 3.11. The molecule has 0 fully saturated rings. The highest BCUT2D eigenvalue weighted by molar-refractivity contribution is 5.71. The standard InChI is InChI=1S/C46H88O6/c1-6-7-8-9-19-28-33-38-46(49)52-43(40-51-45(48)37-32-27-23-18-14-16-21-25-30-35-42(4)5)39-50-44(47)36-31-26-22-17-13-11-10-12-15-20-24-29-34-41(2)3/h41-43H,6-40H2,1-5H3/t43-/m0/s1. The van der Waals surface area contributed by atoms with Gasteiger partial charge in [0.15, 0.2) is 6.10 Å². The van der Waals surface area contributed by atoms with Crippen molar-refractivity contribution in [3.8, 4) is 0 Å².